The molecule has 0 aliphatic heterocycles. The molecule has 0 bridgehead atoms. The first-order valence-electron chi connectivity index (χ1n) is 6.09. The maximum atomic E-state index is 12.0. The summed E-state index contributed by atoms with van der Waals surface area (Å²) in [5.41, 5.74) is 4.10. The summed E-state index contributed by atoms with van der Waals surface area (Å²) in [4.78, 5) is 16.6. The number of nitrogens with zero attached hydrogens (tertiary/aromatic N) is 2. The molecule has 3 rings (SSSR count). The lowest BCUT2D eigenvalue weighted by molar-refractivity contribution is 0.0605. The Balaban J connectivity index is 2.59. The van der Waals surface area contributed by atoms with Gasteiger partial charge in [0.05, 0.1) is 12.6 Å². The molecule has 1 aromatic carbocycles. The third kappa shape index (κ3) is 1.60. The molecule has 0 radical (unpaired) electrons. The molecule has 4 nitrogen and oxygen atoms in total. The minimum atomic E-state index is -0.351. The van der Waals surface area contributed by atoms with Crippen molar-refractivity contribution in [3.8, 4) is 0 Å². The third-order valence-corrected chi connectivity index (χ3v) is 3.29. The lowest BCUT2D eigenvalue weighted by atomic mass is 10.2. The van der Waals surface area contributed by atoms with Crippen LogP contribution in [0.25, 0.3) is 16.6 Å². The van der Waals surface area contributed by atoms with Gasteiger partial charge in [0.25, 0.3) is 0 Å². The molecule has 2 aromatic heterocycles. The first-order chi connectivity index (χ1) is 9.13. The highest BCUT2D eigenvalue weighted by Crippen LogP contribution is 2.27. The summed E-state index contributed by atoms with van der Waals surface area (Å²) in [5, 5.41) is 0.871. The van der Waals surface area contributed by atoms with E-state index in [-0.39, 0.29) is 5.97 Å². The maximum absolute atomic E-state index is 12.0. The van der Waals surface area contributed by atoms with Gasteiger partial charge in [-0.2, -0.15) is 0 Å². The van der Waals surface area contributed by atoms with Crippen molar-refractivity contribution in [3.05, 3.63) is 47.3 Å². The zero-order valence-corrected chi connectivity index (χ0v) is 11.1. The summed E-state index contributed by atoms with van der Waals surface area (Å²) in [5.74, 6) is -0.351. The standard InChI is InChI=1S/C15H14N2O2/c1-9-8-10(2)17-12-7-5-4-6-11(12)13(14(17)16-9)15(18)19-3/h4-8H,1-3H3. The Hall–Kier alpha value is -2.36. The van der Waals surface area contributed by atoms with Crippen molar-refractivity contribution in [2.24, 2.45) is 0 Å². The summed E-state index contributed by atoms with van der Waals surface area (Å²) >= 11 is 0. The number of rotatable bonds is 1. The first-order valence-corrected chi connectivity index (χ1v) is 6.09. The lowest BCUT2D eigenvalue weighted by Crippen LogP contribution is -2.03. The molecule has 0 unspecified atom stereocenters. The van der Waals surface area contributed by atoms with Crippen LogP contribution >= 0.6 is 0 Å². The van der Waals surface area contributed by atoms with Gasteiger partial charge in [0, 0.05) is 16.8 Å². The fourth-order valence-corrected chi connectivity index (χ4v) is 2.56. The fourth-order valence-electron chi connectivity index (χ4n) is 2.56. The van der Waals surface area contributed by atoms with E-state index in [1.807, 2.05) is 48.6 Å². The third-order valence-electron chi connectivity index (χ3n) is 3.29. The van der Waals surface area contributed by atoms with Crippen molar-refractivity contribution in [2.75, 3.05) is 7.11 Å². The Kier molecular flexibility index (Phi) is 2.52. The minimum absolute atomic E-state index is 0.351. The zero-order valence-electron chi connectivity index (χ0n) is 11.1. The Labute approximate surface area is 110 Å². The number of aryl methyl sites for hydroxylation is 2. The SMILES string of the molecule is COC(=O)c1c2ccccc2n2c(C)cc(C)nc12. The molecule has 0 fully saturated rings. The van der Waals surface area contributed by atoms with Gasteiger partial charge < -0.3 is 4.74 Å². The highest BCUT2D eigenvalue weighted by Gasteiger charge is 2.20. The molecule has 3 aromatic rings. The molecule has 96 valence electrons. The van der Waals surface area contributed by atoms with Crippen LogP contribution in [0.2, 0.25) is 0 Å². The van der Waals surface area contributed by atoms with Gasteiger partial charge in [0.15, 0.2) is 5.65 Å². The molecule has 2 heterocycles. The molecule has 4 heteroatoms. The van der Waals surface area contributed by atoms with Crippen LogP contribution < -0.4 is 0 Å². The topological polar surface area (TPSA) is 43.6 Å². The van der Waals surface area contributed by atoms with Crippen LogP contribution in [-0.4, -0.2) is 22.5 Å². The molecule has 0 atom stereocenters. The lowest BCUT2D eigenvalue weighted by Gasteiger charge is -2.04. The number of ether oxygens (including phenoxy) is 1. The summed E-state index contributed by atoms with van der Waals surface area (Å²) in [7, 11) is 1.39. The van der Waals surface area contributed by atoms with E-state index in [4.69, 9.17) is 4.74 Å². The fraction of sp³-hybridized carbons (Fsp3) is 0.200. The highest BCUT2D eigenvalue weighted by atomic mass is 16.5. The van der Waals surface area contributed by atoms with E-state index in [0.29, 0.717) is 11.2 Å². The van der Waals surface area contributed by atoms with Gasteiger partial charge in [-0.05, 0) is 26.0 Å². The number of methoxy groups -OCH3 is 1. The van der Waals surface area contributed by atoms with Crippen molar-refractivity contribution in [3.63, 3.8) is 0 Å². The monoisotopic (exact) mass is 254 g/mol. The van der Waals surface area contributed by atoms with E-state index in [0.717, 1.165) is 22.3 Å². The van der Waals surface area contributed by atoms with Crippen molar-refractivity contribution in [1.29, 1.82) is 0 Å². The predicted octanol–water partition coefficient (Wildman–Crippen LogP) is 2.89. The van der Waals surface area contributed by atoms with Crippen LogP contribution in [0.1, 0.15) is 21.7 Å². The molecule has 0 amide bonds. The second-order valence-electron chi connectivity index (χ2n) is 4.58. The number of aromatic nitrogens is 2. The van der Waals surface area contributed by atoms with Crippen molar-refractivity contribution >= 4 is 22.5 Å². The number of benzene rings is 1. The van der Waals surface area contributed by atoms with Crippen LogP contribution in [-0.2, 0) is 4.74 Å². The van der Waals surface area contributed by atoms with E-state index in [1.54, 1.807) is 0 Å². The molecule has 0 saturated heterocycles. The van der Waals surface area contributed by atoms with Crippen molar-refractivity contribution in [1.82, 2.24) is 9.38 Å². The van der Waals surface area contributed by atoms with Gasteiger partial charge in [-0.3, -0.25) is 4.40 Å². The normalized spacial score (nSPS) is 11.1. The molecular formula is C15H14N2O2. The largest absolute Gasteiger partial charge is 0.465 e. The molecule has 0 spiro atoms. The van der Waals surface area contributed by atoms with Crippen LogP contribution in [0.15, 0.2) is 30.3 Å². The second-order valence-corrected chi connectivity index (χ2v) is 4.58. The van der Waals surface area contributed by atoms with Gasteiger partial charge in [-0.1, -0.05) is 18.2 Å². The van der Waals surface area contributed by atoms with Crippen LogP contribution in [0.4, 0.5) is 0 Å². The Morgan fingerprint density at radius 1 is 1.26 bits per heavy atom. The van der Waals surface area contributed by atoms with Crippen LogP contribution in [0, 0.1) is 13.8 Å². The van der Waals surface area contributed by atoms with E-state index in [2.05, 4.69) is 4.98 Å². The summed E-state index contributed by atoms with van der Waals surface area (Å²) < 4.78 is 6.89. The number of esters is 1. The van der Waals surface area contributed by atoms with Gasteiger partial charge in [-0.25, -0.2) is 9.78 Å². The van der Waals surface area contributed by atoms with Gasteiger partial charge >= 0.3 is 5.97 Å². The van der Waals surface area contributed by atoms with E-state index >= 15 is 0 Å². The Morgan fingerprint density at radius 2 is 2.00 bits per heavy atom. The molecule has 0 aliphatic carbocycles. The van der Waals surface area contributed by atoms with E-state index < -0.39 is 0 Å². The molecule has 0 N–H and O–H groups in total. The Morgan fingerprint density at radius 3 is 2.74 bits per heavy atom. The average molecular weight is 254 g/mol. The van der Waals surface area contributed by atoms with E-state index in [9.17, 15) is 4.79 Å². The smallest absolute Gasteiger partial charge is 0.342 e. The summed E-state index contributed by atoms with van der Waals surface area (Å²) in [6.45, 7) is 3.93. The van der Waals surface area contributed by atoms with E-state index in [1.165, 1.54) is 7.11 Å². The first kappa shape index (κ1) is 11.7. The number of carbonyl (C=O) groups excluding carboxylic acids is 1. The molecular weight excluding hydrogens is 240 g/mol. The van der Waals surface area contributed by atoms with Gasteiger partial charge in [0.2, 0.25) is 0 Å². The second kappa shape index (κ2) is 4.09. The highest BCUT2D eigenvalue weighted by molar-refractivity contribution is 6.10. The van der Waals surface area contributed by atoms with Crippen molar-refractivity contribution in [2.45, 2.75) is 13.8 Å². The quantitative estimate of drug-likeness (QED) is 0.627. The number of para-hydroxylation sites is 1. The molecule has 19 heavy (non-hydrogen) atoms. The predicted molar refractivity (Wildman–Crippen MR) is 73.5 cm³/mol. The number of hydrogen-bond acceptors (Lipinski definition) is 3. The number of hydrogen-bond donors (Lipinski definition) is 0. The molecule has 0 aliphatic rings. The maximum Gasteiger partial charge on any atom is 0.342 e. The Bertz CT molecular complexity index is 803. The van der Waals surface area contributed by atoms with Crippen molar-refractivity contribution < 1.29 is 9.53 Å². The summed E-state index contributed by atoms with van der Waals surface area (Å²) in [6, 6.07) is 9.77. The zero-order chi connectivity index (χ0) is 13.6. The van der Waals surface area contributed by atoms with Gasteiger partial charge in [-0.15, -0.1) is 0 Å². The number of fused-ring (bicyclic) bond motifs is 3. The number of carbonyl (C=O) groups is 1. The van der Waals surface area contributed by atoms with Crippen LogP contribution in [0.5, 0.6) is 0 Å². The average Bonchev–Trinajstić information content (AvgIpc) is 2.71. The van der Waals surface area contributed by atoms with Gasteiger partial charge in [0.1, 0.15) is 5.56 Å². The molecule has 0 saturated carbocycles. The summed E-state index contributed by atoms with van der Waals surface area (Å²) in [6.07, 6.45) is 0. The minimum Gasteiger partial charge on any atom is -0.465 e. The van der Waals surface area contributed by atoms with Crippen LogP contribution in [0.3, 0.4) is 0 Å².